The summed E-state index contributed by atoms with van der Waals surface area (Å²) in [6, 6.07) is 5.71. The van der Waals surface area contributed by atoms with Gasteiger partial charge in [-0.2, -0.15) is 0 Å². The van der Waals surface area contributed by atoms with Crippen LogP contribution in [0.1, 0.15) is 27.7 Å². The van der Waals surface area contributed by atoms with E-state index in [-0.39, 0.29) is 5.69 Å². The molecule has 18 heavy (non-hydrogen) atoms. The van der Waals surface area contributed by atoms with E-state index in [4.69, 9.17) is 0 Å². The van der Waals surface area contributed by atoms with Gasteiger partial charge in [0.2, 0.25) is 0 Å². The van der Waals surface area contributed by atoms with E-state index in [1.807, 2.05) is 18.2 Å². The maximum Gasteiger partial charge on any atom is 0.354 e. The zero-order valence-electron chi connectivity index (χ0n) is 10.4. The molecule has 2 rings (SSSR count). The second kappa shape index (κ2) is 5.00. The van der Waals surface area contributed by atoms with Crippen molar-refractivity contribution >= 4 is 5.97 Å². The number of pyridine rings is 1. The molecule has 2 aromatic rings. The van der Waals surface area contributed by atoms with E-state index in [9.17, 15) is 9.90 Å². The highest BCUT2D eigenvalue weighted by atomic mass is 16.4. The molecular formula is C13H15N3O2. The molecule has 94 valence electrons. The van der Waals surface area contributed by atoms with Gasteiger partial charge >= 0.3 is 5.97 Å². The Morgan fingerprint density at radius 1 is 1.39 bits per heavy atom. The molecule has 0 unspecified atom stereocenters. The minimum atomic E-state index is -0.936. The molecule has 0 aliphatic heterocycles. The number of aryl methyl sites for hydroxylation is 3. The van der Waals surface area contributed by atoms with Crippen molar-refractivity contribution in [3.63, 3.8) is 0 Å². The Kier molecular flexibility index (Phi) is 3.41. The summed E-state index contributed by atoms with van der Waals surface area (Å²) in [5.41, 5.74) is 1.83. The van der Waals surface area contributed by atoms with Gasteiger partial charge in [-0.1, -0.05) is 6.07 Å². The molecule has 0 fully saturated rings. The van der Waals surface area contributed by atoms with Crippen LogP contribution in [0.2, 0.25) is 0 Å². The first-order valence-electron chi connectivity index (χ1n) is 5.75. The highest BCUT2D eigenvalue weighted by molar-refractivity contribution is 5.87. The third-order valence-corrected chi connectivity index (χ3v) is 2.94. The van der Waals surface area contributed by atoms with E-state index in [1.165, 1.54) is 0 Å². The van der Waals surface area contributed by atoms with Gasteiger partial charge in [0.25, 0.3) is 0 Å². The number of hydrogen-bond donors (Lipinski definition) is 1. The Labute approximate surface area is 105 Å². The smallest absolute Gasteiger partial charge is 0.354 e. The molecule has 0 aliphatic rings. The third-order valence-electron chi connectivity index (χ3n) is 2.94. The van der Waals surface area contributed by atoms with Crippen molar-refractivity contribution in [3.8, 4) is 0 Å². The summed E-state index contributed by atoms with van der Waals surface area (Å²) in [7, 11) is 1.72. The van der Waals surface area contributed by atoms with E-state index < -0.39 is 5.97 Å². The zero-order chi connectivity index (χ0) is 13.1. The first kappa shape index (κ1) is 12.3. The Hall–Kier alpha value is -2.17. The summed E-state index contributed by atoms with van der Waals surface area (Å²) >= 11 is 0. The number of carbonyl (C=O) groups is 1. The standard InChI is InChI=1S/C13H15N3O2/c1-9-15-11(12(13(17)18)16(9)2)7-6-10-5-3-4-8-14-10/h3-5,8H,6-7H2,1-2H3,(H,17,18). The Balaban J connectivity index is 2.20. The van der Waals surface area contributed by atoms with Crippen LogP contribution in [0, 0.1) is 6.92 Å². The number of hydrogen-bond acceptors (Lipinski definition) is 3. The second-order valence-electron chi connectivity index (χ2n) is 4.14. The van der Waals surface area contributed by atoms with Crippen molar-refractivity contribution in [1.29, 1.82) is 0 Å². The second-order valence-corrected chi connectivity index (χ2v) is 4.14. The lowest BCUT2D eigenvalue weighted by Crippen LogP contribution is -2.09. The molecule has 1 N–H and O–H groups in total. The van der Waals surface area contributed by atoms with Gasteiger partial charge in [0, 0.05) is 18.9 Å². The van der Waals surface area contributed by atoms with Gasteiger partial charge < -0.3 is 9.67 Å². The van der Waals surface area contributed by atoms with Crippen molar-refractivity contribution < 1.29 is 9.90 Å². The molecule has 0 aliphatic carbocycles. The van der Waals surface area contributed by atoms with Crippen LogP contribution in [0.4, 0.5) is 0 Å². The SMILES string of the molecule is Cc1nc(CCc2ccccn2)c(C(=O)O)n1C. The van der Waals surface area contributed by atoms with Crippen LogP contribution < -0.4 is 0 Å². The molecule has 0 amide bonds. The summed E-state index contributed by atoms with van der Waals surface area (Å²) in [5, 5.41) is 9.18. The summed E-state index contributed by atoms with van der Waals surface area (Å²) < 4.78 is 1.61. The molecule has 0 aromatic carbocycles. The molecule has 5 heteroatoms. The molecular weight excluding hydrogens is 230 g/mol. The van der Waals surface area contributed by atoms with Crippen molar-refractivity contribution in [2.24, 2.45) is 7.05 Å². The van der Waals surface area contributed by atoms with Crippen LogP contribution in [0.3, 0.4) is 0 Å². The molecule has 0 spiro atoms. The number of carboxylic acids is 1. The van der Waals surface area contributed by atoms with Crippen LogP contribution in [0.15, 0.2) is 24.4 Å². The largest absolute Gasteiger partial charge is 0.477 e. The van der Waals surface area contributed by atoms with E-state index in [0.29, 0.717) is 24.4 Å². The third kappa shape index (κ3) is 2.40. The number of aromatic nitrogens is 3. The van der Waals surface area contributed by atoms with Gasteiger partial charge in [0.1, 0.15) is 11.5 Å². The highest BCUT2D eigenvalue weighted by Gasteiger charge is 2.18. The normalized spacial score (nSPS) is 10.6. The van der Waals surface area contributed by atoms with Crippen molar-refractivity contribution in [2.75, 3.05) is 0 Å². The first-order chi connectivity index (χ1) is 8.59. The van der Waals surface area contributed by atoms with Crippen LogP contribution >= 0.6 is 0 Å². The van der Waals surface area contributed by atoms with Gasteiger partial charge in [0.05, 0.1) is 5.69 Å². The van der Waals surface area contributed by atoms with Crippen LogP contribution in [0.5, 0.6) is 0 Å². The molecule has 0 bridgehead atoms. The number of imidazole rings is 1. The van der Waals surface area contributed by atoms with Crippen molar-refractivity contribution in [2.45, 2.75) is 19.8 Å². The van der Waals surface area contributed by atoms with E-state index >= 15 is 0 Å². The molecule has 0 radical (unpaired) electrons. The summed E-state index contributed by atoms with van der Waals surface area (Å²) in [4.78, 5) is 19.7. The minimum Gasteiger partial charge on any atom is -0.477 e. The van der Waals surface area contributed by atoms with Gasteiger partial charge in [-0.3, -0.25) is 4.98 Å². The quantitative estimate of drug-likeness (QED) is 0.888. The Morgan fingerprint density at radius 2 is 2.17 bits per heavy atom. The van der Waals surface area contributed by atoms with E-state index in [0.717, 1.165) is 5.69 Å². The lowest BCUT2D eigenvalue weighted by atomic mass is 10.1. The number of nitrogens with zero attached hydrogens (tertiary/aromatic N) is 3. The van der Waals surface area contributed by atoms with Gasteiger partial charge in [-0.15, -0.1) is 0 Å². The molecule has 0 saturated heterocycles. The lowest BCUT2D eigenvalue weighted by molar-refractivity contribution is 0.0685. The molecule has 0 atom stereocenters. The first-order valence-corrected chi connectivity index (χ1v) is 5.75. The highest BCUT2D eigenvalue weighted by Crippen LogP contribution is 2.12. The van der Waals surface area contributed by atoms with Crippen LogP contribution in [-0.2, 0) is 19.9 Å². The Bertz CT molecular complexity index is 561. The van der Waals surface area contributed by atoms with Crippen LogP contribution in [-0.4, -0.2) is 25.6 Å². The summed E-state index contributed by atoms with van der Waals surface area (Å²) in [5.74, 6) is -0.224. The molecule has 2 heterocycles. The number of rotatable bonds is 4. The monoisotopic (exact) mass is 245 g/mol. The predicted molar refractivity (Wildman–Crippen MR) is 66.5 cm³/mol. The average molecular weight is 245 g/mol. The van der Waals surface area contributed by atoms with E-state index in [2.05, 4.69) is 9.97 Å². The molecule has 2 aromatic heterocycles. The lowest BCUT2D eigenvalue weighted by Gasteiger charge is -2.01. The fraction of sp³-hybridized carbons (Fsp3) is 0.308. The fourth-order valence-electron chi connectivity index (χ4n) is 1.91. The summed E-state index contributed by atoms with van der Waals surface area (Å²) in [6.45, 7) is 1.80. The van der Waals surface area contributed by atoms with E-state index in [1.54, 1.807) is 24.7 Å². The Morgan fingerprint density at radius 3 is 2.78 bits per heavy atom. The average Bonchev–Trinajstić information content (AvgIpc) is 2.64. The maximum atomic E-state index is 11.2. The number of carboxylic acid groups (broad SMARTS) is 1. The topological polar surface area (TPSA) is 68.0 Å². The van der Waals surface area contributed by atoms with Gasteiger partial charge in [-0.05, 0) is 31.9 Å². The van der Waals surface area contributed by atoms with Crippen LogP contribution in [0.25, 0.3) is 0 Å². The maximum absolute atomic E-state index is 11.2. The van der Waals surface area contributed by atoms with Gasteiger partial charge in [-0.25, -0.2) is 9.78 Å². The van der Waals surface area contributed by atoms with Crippen molar-refractivity contribution in [3.05, 3.63) is 47.3 Å². The minimum absolute atomic E-state index is 0.267. The van der Waals surface area contributed by atoms with Crippen molar-refractivity contribution in [1.82, 2.24) is 14.5 Å². The summed E-state index contributed by atoms with van der Waals surface area (Å²) in [6.07, 6.45) is 3.01. The zero-order valence-corrected chi connectivity index (χ0v) is 10.4. The van der Waals surface area contributed by atoms with Gasteiger partial charge in [0.15, 0.2) is 0 Å². The number of aromatic carboxylic acids is 1. The molecule has 5 nitrogen and oxygen atoms in total. The predicted octanol–water partition coefficient (Wildman–Crippen LogP) is 1.61. The fourth-order valence-corrected chi connectivity index (χ4v) is 1.91. The molecule has 0 saturated carbocycles.